The number of fused-ring (bicyclic) bond motifs is 1. The molecule has 36 heavy (non-hydrogen) atoms. The molecule has 1 heterocycles. The molecule has 8 nitrogen and oxygen atoms in total. The van der Waals surface area contributed by atoms with E-state index in [4.69, 9.17) is 32.7 Å². The quantitative estimate of drug-likeness (QED) is 0.290. The molecule has 0 amide bonds. The Bertz CT molecular complexity index is 1480. The number of nitrogens with zero attached hydrogens (tertiary/aromatic N) is 3. The van der Waals surface area contributed by atoms with E-state index in [-0.39, 0.29) is 28.2 Å². The van der Waals surface area contributed by atoms with Crippen LogP contribution in [0.15, 0.2) is 71.6 Å². The van der Waals surface area contributed by atoms with Gasteiger partial charge >= 0.3 is 0 Å². The summed E-state index contributed by atoms with van der Waals surface area (Å²) >= 11 is 12.4. The number of para-hydroxylation sites is 2. The summed E-state index contributed by atoms with van der Waals surface area (Å²) in [5.74, 6) is 0.503. The van der Waals surface area contributed by atoms with E-state index < -0.39 is 10.0 Å². The molecule has 0 saturated heterocycles. The summed E-state index contributed by atoms with van der Waals surface area (Å²) in [7, 11) is -0.142. The lowest BCUT2D eigenvalue weighted by atomic mass is 10.2. The van der Waals surface area contributed by atoms with Gasteiger partial charge in [0.2, 0.25) is 5.82 Å². The summed E-state index contributed by atoms with van der Waals surface area (Å²) in [5, 5.41) is 0.570. The van der Waals surface area contributed by atoms with Crippen molar-refractivity contribution in [1.29, 1.82) is 0 Å². The van der Waals surface area contributed by atoms with E-state index in [1.807, 2.05) is 25.1 Å². The first-order chi connectivity index (χ1) is 17.2. The fraction of sp³-hybridized carbons (Fsp3) is 0.200. The number of likely N-dealkylation sites (N-methyl/N-ethyl adjacent to an activating group) is 1. The highest BCUT2D eigenvalue weighted by atomic mass is 35.5. The van der Waals surface area contributed by atoms with Gasteiger partial charge in [0, 0.05) is 6.54 Å². The number of benzene rings is 3. The van der Waals surface area contributed by atoms with Crippen molar-refractivity contribution in [3.8, 4) is 11.6 Å². The van der Waals surface area contributed by atoms with Gasteiger partial charge in [-0.05, 0) is 56.1 Å². The molecule has 4 aromatic rings. The average molecular weight is 547 g/mol. The van der Waals surface area contributed by atoms with Crippen LogP contribution in [0.4, 0.5) is 5.82 Å². The second-order valence-electron chi connectivity index (χ2n) is 8.11. The van der Waals surface area contributed by atoms with Gasteiger partial charge in [-0.1, -0.05) is 53.5 Å². The van der Waals surface area contributed by atoms with E-state index in [9.17, 15) is 8.42 Å². The van der Waals surface area contributed by atoms with E-state index >= 15 is 0 Å². The van der Waals surface area contributed by atoms with Crippen molar-refractivity contribution < 1.29 is 17.9 Å². The van der Waals surface area contributed by atoms with Crippen LogP contribution in [0.3, 0.4) is 0 Å². The predicted octanol–water partition coefficient (Wildman–Crippen LogP) is 5.26. The van der Waals surface area contributed by atoms with Crippen LogP contribution in [-0.4, -0.2) is 50.5 Å². The normalized spacial score (nSPS) is 11.6. The van der Waals surface area contributed by atoms with Gasteiger partial charge in [-0.25, -0.2) is 18.4 Å². The minimum atomic E-state index is -4.05. The summed E-state index contributed by atoms with van der Waals surface area (Å²) in [5.41, 5.74) is 1.82. The molecule has 3 aromatic carbocycles. The minimum absolute atomic E-state index is 0.0226. The number of halogens is 2. The highest BCUT2D eigenvalue weighted by molar-refractivity contribution is 7.92. The maximum absolute atomic E-state index is 13.1. The minimum Gasteiger partial charge on any atom is -0.491 e. The maximum atomic E-state index is 13.1. The van der Waals surface area contributed by atoms with Crippen LogP contribution in [0, 0.1) is 0 Å². The molecule has 0 saturated carbocycles. The van der Waals surface area contributed by atoms with Gasteiger partial charge in [0.05, 0.1) is 21.1 Å². The lowest BCUT2D eigenvalue weighted by molar-refractivity contribution is 0.259. The van der Waals surface area contributed by atoms with Gasteiger partial charge in [0.1, 0.15) is 23.9 Å². The molecular formula is C25H24Cl2N4O4S. The summed E-state index contributed by atoms with van der Waals surface area (Å²) < 4.78 is 40.3. The Morgan fingerprint density at radius 3 is 2.31 bits per heavy atom. The number of nitrogens with one attached hydrogen (secondary N) is 1. The number of sulfonamides is 1. The number of hydrogen-bond donors (Lipinski definition) is 1. The van der Waals surface area contributed by atoms with E-state index in [1.54, 1.807) is 48.5 Å². The first-order valence-electron chi connectivity index (χ1n) is 11.0. The molecule has 4 rings (SSSR count). The van der Waals surface area contributed by atoms with Gasteiger partial charge in [-0.2, -0.15) is 0 Å². The van der Waals surface area contributed by atoms with Crippen molar-refractivity contribution in [2.24, 2.45) is 0 Å². The van der Waals surface area contributed by atoms with Crippen molar-refractivity contribution in [2.75, 3.05) is 32.0 Å². The third-order valence-electron chi connectivity index (χ3n) is 5.06. The Morgan fingerprint density at radius 1 is 0.889 bits per heavy atom. The molecule has 0 fully saturated rings. The second-order valence-corrected chi connectivity index (χ2v) is 10.6. The van der Waals surface area contributed by atoms with Crippen LogP contribution in [0.1, 0.15) is 5.56 Å². The van der Waals surface area contributed by atoms with Crippen molar-refractivity contribution in [3.63, 3.8) is 0 Å². The highest BCUT2D eigenvalue weighted by Gasteiger charge is 2.22. The van der Waals surface area contributed by atoms with Gasteiger partial charge in [0.15, 0.2) is 0 Å². The van der Waals surface area contributed by atoms with Crippen molar-refractivity contribution in [3.05, 3.63) is 82.3 Å². The lowest BCUT2D eigenvalue weighted by Crippen LogP contribution is -2.19. The lowest BCUT2D eigenvalue weighted by Gasteiger charge is -2.15. The van der Waals surface area contributed by atoms with E-state index in [0.29, 0.717) is 28.4 Å². The summed E-state index contributed by atoms with van der Waals surface area (Å²) in [6.07, 6.45) is 0. The number of hydrogen-bond acceptors (Lipinski definition) is 7. The van der Waals surface area contributed by atoms with Crippen LogP contribution in [0.2, 0.25) is 10.0 Å². The number of aromatic nitrogens is 2. The molecule has 11 heteroatoms. The first kappa shape index (κ1) is 26.0. The summed E-state index contributed by atoms with van der Waals surface area (Å²) in [4.78, 5) is 10.9. The van der Waals surface area contributed by atoms with Crippen LogP contribution >= 0.6 is 23.2 Å². The van der Waals surface area contributed by atoms with Crippen LogP contribution < -0.4 is 14.2 Å². The van der Waals surface area contributed by atoms with Crippen molar-refractivity contribution >= 4 is 50.1 Å². The van der Waals surface area contributed by atoms with E-state index in [1.165, 1.54) is 12.1 Å². The predicted molar refractivity (Wildman–Crippen MR) is 142 cm³/mol. The molecule has 1 aromatic heterocycles. The molecule has 188 valence electrons. The Hall–Kier alpha value is -3.11. The maximum Gasteiger partial charge on any atom is 0.264 e. The zero-order chi connectivity index (χ0) is 25.7. The Balaban J connectivity index is 1.61. The topological polar surface area (TPSA) is 93.7 Å². The van der Waals surface area contributed by atoms with Crippen molar-refractivity contribution in [2.45, 2.75) is 11.5 Å². The first-order valence-corrected chi connectivity index (χ1v) is 13.2. The Labute approximate surface area is 219 Å². The molecule has 0 spiro atoms. The largest absolute Gasteiger partial charge is 0.491 e. The smallest absolute Gasteiger partial charge is 0.264 e. The Kier molecular flexibility index (Phi) is 8.15. The van der Waals surface area contributed by atoms with Crippen LogP contribution in [0.5, 0.6) is 11.6 Å². The second kappa shape index (κ2) is 11.3. The molecule has 0 aliphatic rings. The molecular weight excluding hydrogens is 523 g/mol. The molecule has 0 atom stereocenters. The molecule has 0 radical (unpaired) electrons. The SMILES string of the molecule is CN(C)CCOc1cc(COc2nc3ccccc3nc2NS(=O)(=O)c2ccccc2Cl)ccc1Cl. The summed E-state index contributed by atoms with van der Waals surface area (Å²) in [6, 6.07) is 18.5. The van der Waals surface area contributed by atoms with Gasteiger partial charge in [-0.15, -0.1) is 0 Å². The van der Waals surface area contributed by atoms with Gasteiger partial charge in [0.25, 0.3) is 15.9 Å². The third kappa shape index (κ3) is 6.36. The number of anilines is 1. The standard InChI is InChI=1S/C25H24Cl2N4O4S/c1-31(2)13-14-34-22-15-17(11-12-18(22)26)16-35-25-24(28-20-8-4-5-9-21(20)29-25)30-36(32,33)23-10-6-3-7-19(23)27/h3-12,15H,13-14,16H2,1-2H3,(H,28,30). The van der Waals surface area contributed by atoms with Crippen LogP contribution in [0.25, 0.3) is 11.0 Å². The fourth-order valence-electron chi connectivity index (χ4n) is 3.23. The molecule has 0 aliphatic carbocycles. The summed E-state index contributed by atoms with van der Waals surface area (Å²) in [6.45, 7) is 1.29. The van der Waals surface area contributed by atoms with Gasteiger partial charge < -0.3 is 14.4 Å². The zero-order valence-corrected chi connectivity index (χ0v) is 21.9. The van der Waals surface area contributed by atoms with E-state index in [2.05, 4.69) is 14.7 Å². The highest BCUT2D eigenvalue weighted by Crippen LogP contribution is 2.30. The molecule has 0 aliphatic heterocycles. The van der Waals surface area contributed by atoms with Gasteiger partial charge in [-0.3, -0.25) is 4.72 Å². The zero-order valence-electron chi connectivity index (χ0n) is 19.6. The molecule has 0 unspecified atom stereocenters. The molecule has 0 bridgehead atoms. The number of ether oxygens (including phenoxy) is 2. The fourth-order valence-corrected chi connectivity index (χ4v) is 4.93. The van der Waals surface area contributed by atoms with Crippen LogP contribution in [-0.2, 0) is 16.6 Å². The third-order valence-corrected chi connectivity index (χ3v) is 7.21. The monoisotopic (exact) mass is 546 g/mol. The molecule has 1 N–H and O–H groups in total. The van der Waals surface area contributed by atoms with E-state index in [0.717, 1.165) is 12.1 Å². The van der Waals surface area contributed by atoms with Crippen molar-refractivity contribution in [1.82, 2.24) is 14.9 Å². The average Bonchev–Trinajstić information content (AvgIpc) is 2.84. The number of rotatable bonds is 10. The Morgan fingerprint density at radius 2 is 1.58 bits per heavy atom.